The van der Waals surface area contributed by atoms with Gasteiger partial charge in [-0.05, 0) is 49.1 Å². The number of hydrogen-bond acceptors (Lipinski definition) is 4. The molecule has 2 N–H and O–H groups in total. The van der Waals surface area contributed by atoms with Gasteiger partial charge in [0.15, 0.2) is 0 Å². The van der Waals surface area contributed by atoms with E-state index >= 15 is 0 Å². The van der Waals surface area contributed by atoms with Gasteiger partial charge in [0.1, 0.15) is 5.69 Å². The Kier molecular flexibility index (Phi) is 5.09. The van der Waals surface area contributed by atoms with Gasteiger partial charge in [0.25, 0.3) is 11.8 Å². The Morgan fingerprint density at radius 3 is 2.72 bits per heavy atom. The van der Waals surface area contributed by atoms with Crippen LogP contribution in [-0.4, -0.2) is 22.2 Å². The molecule has 0 aliphatic heterocycles. The SMILES string of the molecule is CC[C@@H](C)NC(=O)c1cccc(NC(=O)c2nsc3ccccc23)c1. The fourth-order valence-corrected chi connectivity index (χ4v) is 3.16. The number of rotatable bonds is 5. The summed E-state index contributed by atoms with van der Waals surface area (Å²) in [6.07, 6.45) is 0.860. The molecule has 5 nitrogen and oxygen atoms in total. The van der Waals surface area contributed by atoms with Crippen molar-refractivity contribution in [2.45, 2.75) is 26.3 Å². The number of benzene rings is 2. The van der Waals surface area contributed by atoms with Gasteiger partial charge < -0.3 is 10.6 Å². The fraction of sp³-hybridized carbons (Fsp3) is 0.211. The van der Waals surface area contributed by atoms with Gasteiger partial charge in [-0.25, -0.2) is 0 Å². The van der Waals surface area contributed by atoms with Gasteiger partial charge in [0, 0.05) is 22.7 Å². The van der Waals surface area contributed by atoms with Crippen molar-refractivity contribution >= 4 is 39.1 Å². The second-order valence-corrected chi connectivity index (χ2v) is 6.65. The molecule has 1 atom stereocenters. The number of anilines is 1. The highest BCUT2D eigenvalue weighted by Crippen LogP contribution is 2.23. The number of carbonyl (C=O) groups excluding carboxylic acids is 2. The third-order valence-corrected chi connectivity index (χ3v) is 4.79. The molecule has 0 saturated heterocycles. The van der Waals surface area contributed by atoms with Gasteiger partial charge in [0.05, 0.1) is 4.70 Å². The predicted molar refractivity (Wildman–Crippen MR) is 101 cm³/mol. The second kappa shape index (κ2) is 7.44. The van der Waals surface area contributed by atoms with Crippen molar-refractivity contribution in [1.29, 1.82) is 0 Å². The van der Waals surface area contributed by atoms with Crippen LogP contribution in [0.15, 0.2) is 48.5 Å². The number of amides is 2. The molecule has 0 fully saturated rings. The van der Waals surface area contributed by atoms with Crippen LogP contribution in [0.4, 0.5) is 5.69 Å². The Morgan fingerprint density at radius 2 is 1.92 bits per heavy atom. The van der Waals surface area contributed by atoms with E-state index in [4.69, 9.17) is 0 Å². The lowest BCUT2D eigenvalue weighted by Crippen LogP contribution is -2.31. The summed E-state index contributed by atoms with van der Waals surface area (Å²) in [6, 6.07) is 14.6. The third kappa shape index (κ3) is 3.85. The number of aromatic nitrogens is 1. The molecule has 0 aliphatic rings. The molecule has 6 heteroatoms. The van der Waals surface area contributed by atoms with Gasteiger partial charge in [0.2, 0.25) is 0 Å². The first-order chi connectivity index (χ1) is 12.1. The number of nitrogens with one attached hydrogen (secondary N) is 2. The summed E-state index contributed by atoms with van der Waals surface area (Å²) in [6.45, 7) is 3.97. The monoisotopic (exact) mass is 353 g/mol. The number of fused-ring (bicyclic) bond motifs is 1. The maximum Gasteiger partial charge on any atom is 0.276 e. The van der Waals surface area contributed by atoms with Crippen LogP contribution in [0.1, 0.15) is 41.1 Å². The zero-order valence-corrected chi connectivity index (χ0v) is 14.9. The summed E-state index contributed by atoms with van der Waals surface area (Å²) < 4.78 is 5.22. The maximum absolute atomic E-state index is 12.5. The van der Waals surface area contributed by atoms with Crippen LogP contribution in [0, 0.1) is 0 Å². The van der Waals surface area contributed by atoms with Crippen molar-refractivity contribution in [3.05, 3.63) is 59.8 Å². The second-order valence-electron chi connectivity index (χ2n) is 5.85. The third-order valence-electron chi connectivity index (χ3n) is 3.97. The molecule has 0 radical (unpaired) electrons. The van der Waals surface area contributed by atoms with Crippen molar-refractivity contribution in [1.82, 2.24) is 9.69 Å². The van der Waals surface area contributed by atoms with E-state index in [2.05, 4.69) is 15.0 Å². The number of hydrogen-bond donors (Lipinski definition) is 2. The lowest BCUT2D eigenvalue weighted by molar-refractivity contribution is 0.0938. The van der Waals surface area contributed by atoms with Gasteiger partial charge in [-0.1, -0.05) is 31.2 Å². The van der Waals surface area contributed by atoms with E-state index in [-0.39, 0.29) is 17.9 Å². The molecule has 3 aromatic rings. The minimum Gasteiger partial charge on any atom is -0.350 e. The van der Waals surface area contributed by atoms with Gasteiger partial charge in [-0.15, -0.1) is 0 Å². The molecule has 1 heterocycles. The largest absolute Gasteiger partial charge is 0.350 e. The lowest BCUT2D eigenvalue weighted by Gasteiger charge is -2.12. The molecule has 2 aromatic carbocycles. The molecule has 0 saturated carbocycles. The van der Waals surface area contributed by atoms with Crippen LogP contribution in [-0.2, 0) is 0 Å². The normalized spacial score (nSPS) is 11.9. The molecule has 1 aromatic heterocycles. The summed E-state index contributed by atoms with van der Waals surface area (Å²) >= 11 is 1.30. The molecule has 25 heavy (non-hydrogen) atoms. The summed E-state index contributed by atoms with van der Waals surface area (Å²) in [4.78, 5) is 24.7. The van der Waals surface area contributed by atoms with E-state index in [0.717, 1.165) is 16.5 Å². The molecule has 0 aliphatic carbocycles. The fourth-order valence-electron chi connectivity index (χ4n) is 2.39. The Labute approximate surface area is 150 Å². The van der Waals surface area contributed by atoms with Crippen LogP contribution in [0.3, 0.4) is 0 Å². The Morgan fingerprint density at radius 1 is 1.12 bits per heavy atom. The van der Waals surface area contributed by atoms with E-state index in [1.807, 2.05) is 38.1 Å². The lowest BCUT2D eigenvalue weighted by atomic mass is 10.1. The van der Waals surface area contributed by atoms with E-state index in [0.29, 0.717) is 16.9 Å². The first-order valence-electron chi connectivity index (χ1n) is 8.15. The maximum atomic E-state index is 12.5. The molecular weight excluding hydrogens is 334 g/mol. The smallest absolute Gasteiger partial charge is 0.276 e. The van der Waals surface area contributed by atoms with Crippen LogP contribution in [0.5, 0.6) is 0 Å². The number of carbonyl (C=O) groups is 2. The molecule has 3 rings (SSSR count). The molecule has 128 valence electrons. The molecular formula is C19H19N3O2S. The highest BCUT2D eigenvalue weighted by molar-refractivity contribution is 7.13. The zero-order valence-electron chi connectivity index (χ0n) is 14.1. The van der Waals surface area contributed by atoms with Crippen LogP contribution in [0.25, 0.3) is 10.1 Å². The minimum atomic E-state index is -0.281. The predicted octanol–water partition coefficient (Wildman–Crippen LogP) is 4.08. The topological polar surface area (TPSA) is 71.1 Å². The van der Waals surface area contributed by atoms with Crippen molar-refractivity contribution < 1.29 is 9.59 Å². The summed E-state index contributed by atoms with van der Waals surface area (Å²) in [5.41, 5.74) is 1.48. The number of nitrogens with zero attached hydrogens (tertiary/aromatic N) is 1. The minimum absolute atomic E-state index is 0.104. The summed E-state index contributed by atoms with van der Waals surface area (Å²) in [5, 5.41) is 6.57. The van der Waals surface area contributed by atoms with Crippen LogP contribution in [0.2, 0.25) is 0 Å². The van der Waals surface area contributed by atoms with E-state index < -0.39 is 0 Å². The van der Waals surface area contributed by atoms with Crippen molar-refractivity contribution in [3.8, 4) is 0 Å². The van der Waals surface area contributed by atoms with E-state index in [9.17, 15) is 9.59 Å². The molecule has 0 unspecified atom stereocenters. The Hall–Kier alpha value is -2.73. The average Bonchev–Trinajstić information content (AvgIpc) is 3.06. The summed E-state index contributed by atoms with van der Waals surface area (Å²) in [5.74, 6) is -0.429. The first kappa shape index (κ1) is 17.1. The van der Waals surface area contributed by atoms with E-state index in [1.54, 1.807) is 24.3 Å². The highest BCUT2D eigenvalue weighted by atomic mass is 32.1. The van der Waals surface area contributed by atoms with Crippen LogP contribution < -0.4 is 10.6 Å². The van der Waals surface area contributed by atoms with Gasteiger partial charge in [-0.2, -0.15) is 4.37 Å². The van der Waals surface area contributed by atoms with Crippen molar-refractivity contribution in [3.63, 3.8) is 0 Å². The van der Waals surface area contributed by atoms with E-state index in [1.165, 1.54) is 11.5 Å². The van der Waals surface area contributed by atoms with Gasteiger partial charge in [-0.3, -0.25) is 9.59 Å². The van der Waals surface area contributed by atoms with Crippen molar-refractivity contribution in [2.75, 3.05) is 5.32 Å². The van der Waals surface area contributed by atoms with Gasteiger partial charge >= 0.3 is 0 Å². The summed E-state index contributed by atoms with van der Waals surface area (Å²) in [7, 11) is 0. The highest BCUT2D eigenvalue weighted by Gasteiger charge is 2.15. The molecule has 2 amide bonds. The molecule has 0 spiro atoms. The standard InChI is InChI=1S/C19H19N3O2S/c1-3-12(2)20-18(23)13-7-6-8-14(11-13)21-19(24)17-15-9-4-5-10-16(15)25-22-17/h4-12H,3H2,1-2H3,(H,20,23)(H,21,24)/t12-/m1/s1. The Balaban J connectivity index is 1.78. The first-order valence-corrected chi connectivity index (χ1v) is 8.92. The Bertz CT molecular complexity index is 920. The zero-order chi connectivity index (χ0) is 17.8. The quantitative estimate of drug-likeness (QED) is 0.726. The molecule has 0 bridgehead atoms. The average molecular weight is 353 g/mol. The van der Waals surface area contributed by atoms with Crippen LogP contribution >= 0.6 is 11.5 Å². The van der Waals surface area contributed by atoms with Crippen molar-refractivity contribution in [2.24, 2.45) is 0 Å².